The molecule has 0 atom stereocenters. The highest BCUT2D eigenvalue weighted by Gasteiger charge is 2.18. The minimum absolute atomic E-state index is 0.0371. The molecule has 8 heteroatoms. The lowest BCUT2D eigenvalue weighted by molar-refractivity contribution is -0.384. The molecule has 1 N–H and O–H groups in total. The van der Waals surface area contributed by atoms with Crippen molar-refractivity contribution in [3.05, 3.63) is 69.9 Å². The third-order valence-electron chi connectivity index (χ3n) is 2.99. The van der Waals surface area contributed by atoms with Crippen LogP contribution in [0.25, 0.3) is 0 Å². The average molecular weight is 331 g/mol. The lowest BCUT2D eigenvalue weighted by atomic mass is 10.2. The van der Waals surface area contributed by atoms with Crippen LogP contribution < -0.4 is 10.1 Å². The number of rotatable bonds is 5. The first-order valence-corrected chi connectivity index (χ1v) is 6.82. The fourth-order valence-corrected chi connectivity index (χ4v) is 1.87. The maximum absolute atomic E-state index is 11.3. The molecule has 25 heavy (non-hydrogen) atoms. The molecule has 0 radical (unpaired) electrons. The Hall–Kier alpha value is -4.35. The summed E-state index contributed by atoms with van der Waals surface area (Å²) in [6.45, 7) is 0. The van der Waals surface area contributed by atoms with Crippen molar-refractivity contribution in [2.24, 2.45) is 0 Å². The predicted molar refractivity (Wildman–Crippen MR) is 87.1 cm³/mol. The molecule has 0 heterocycles. The van der Waals surface area contributed by atoms with E-state index < -0.39 is 10.5 Å². The number of nitrogens with zero attached hydrogens (tertiary/aromatic N) is 4. The minimum Gasteiger partial charge on any atom is -0.457 e. The van der Waals surface area contributed by atoms with E-state index >= 15 is 0 Å². The van der Waals surface area contributed by atoms with E-state index in [0.29, 0.717) is 5.75 Å². The van der Waals surface area contributed by atoms with Crippen molar-refractivity contribution < 1.29 is 9.66 Å². The monoisotopic (exact) mass is 331 g/mol. The SMILES string of the molecule is N#CC(C#N)=C(C#N)Nc1ccc(Oc2ccccc2)cc1[N+](=O)[O-]. The molecule has 8 nitrogen and oxygen atoms in total. The molecule has 0 aromatic heterocycles. The van der Waals surface area contributed by atoms with Crippen LogP contribution in [-0.4, -0.2) is 4.92 Å². The Bertz CT molecular complexity index is 947. The second kappa shape index (κ2) is 7.77. The topological polar surface area (TPSA) is 136 Å². The zero-order chi connectivity index (χ0) is 18.2. The van der Waals surface area contributed by atoms with Gasteiger partial charge in [0.15, 0.2) is 5.57 Å². The van der Waals surface area contributed by atoms with Gasteiger partial charge in [-0.2, -0.15) is 15.8 Å². The van der Waals surface area contributed by atoms with E-state index in [1.807, 2.05) is 0 Å². The number of nitrogens with one attached hydrogen (secondary N) is 1. The van der Waals surface area contributed by atoms with Gasteiger partial charge in [-0.25, -0.2) is 0 Å². The summed E-state index contributed by atoms with van der Waals surface area (Å²) in [5.74, 6) is 0.734. The number of ether oxygens (including phenoxy) is 1. The summed E-state index contributed by atoms with van der Waals surface area (Å²) in [7, 11) is 0. The van der Waals surface area contributed by atoms with Gasteiger partial charge in [0.1, 0.15) is 41.1 Å². The van der Waals surface area contributed by atoms with Gasteiger partial charge in [-0.15, -0.1) is 0 Å². The van der Waals surface area contributed by atoms with Gasteiger partial charge < -0.3 is 10.1 Å². The summed E-state index contributed by atoms with van der Waals surface area (Å²) in [5, 5.41) is 40.4. The number of hydrogen-bond acceptors (Lipinski definition) is 7. The lowest BCUT2D eigenvalue weighted by Crippen LogP contribution is -2.03. The molecule has 0 amide bonds. The summed E-state index contributed by atoms with van der Waals surface area (Å²) in [5.41, 5.74) is -1.24. The van der Waals surface area contributed by atoms with E-state index in [0.717, 1.165) is 0 Å². The van der Waals surface area contributed by atoms with Gasteiger partial charge in [0.2, 0.25) is 0 Å². The van der Waals surface area contributed by atoms with Gasteiger partial charge in [-0.1, -0.05) is 18.2 Å². The Labute approximate surface area is 142 Å². The molecule has 0 aliphatic heterocycles. The van der Waals surface area contributed by atoms with Crippen molar-refractivity contribution >= 4 is 11.4 Å². The zero-order valence-electron chi connectivity index (χ0n) is 12.6. The molecule has 0 saturated carbocycles. The smallest absolute Gasteiger partial charge is 0.296 e. The summed E-state index contributed by atoms with van der Waals surface area (Å²) < 4.78 is 5.53. The van der Waals surface area contributed by atoms with Crippen molar-refractivity contribution in [2.75, 3.05) is 5.32 Å². The first-order valence-electron chi connectivity index (χ1n) is 6.82. The summed E-state index contributed by atoms with van der Waals surface area (Å²) in [6, 6.07) is 17.5. The molecule has 2 aromatic rings. The Morgan fingerprint density at radius 2 is 1.68 bits per heavy atom. The van der Waals surface area contributed by atoms with Gasteiger partial charge in [-0.05, 0) is 24.3 Å². The van der Waals surface area contributed by atoms with Crippen LogP contribution in [0, 0.1) is 44.1 Å². The highest BCUT2D eigenvalue weighted by Crippen LogP contribution is 2.32. The molecule has 0 bridgehead atoms. The van der Waals surface area contributed by atoms with E-state index in [-0.39, 0.29) is 22.8 Å². The first kappa shape index (κ1) is 17.0. The van der Waals surface area contributed by atoms with Crippen molar-refractivity contribution in [1.29, 1.82) is 15.8 Å². The molecule has 0 spiro atoms. The number of hydrogen-bond donors (Lipinski definition) is 1. The molecule has 2 rings (SSSR count). The number of benzene rings is 2. The van der Waals surface area contributed by atoms with Crippen LogP contribution >= 0.6 is 0 Å². The van der Waals surface area contributed by atoms with Crippen LogP contribution in [-0.2, 0) is 0 Å². The maximum atomic E-state index is 11.3. The van der Waals surface area contributed by atoms with Crippen LogP contribution in [0.15, 0.2) is 59.8 Å². The maximum Gasteiger partial charge on any atom is 0.296 e. The molecular formula is C17H9N5O3. The Morgan fingerprint density at radius 3 is 2.24 bits per heavy atom. The second-order valence-electron chi connectivity index (χ2n) is 4.56. The summed E-state index contributed by atoms with van der Waals surface area (Å²) in [6.07, 6.45) is 0. The van der Waals surface area contributed by atoms with Crippen LogP contribution in [0.3, 0.4) is 0 Å². The fourth-order valence-electron chi connectivity index (χ4n) is 1.87. The fraction of sp³-hybridized carbons (Fsp3) is 0. The molecule has 0 aliphatic carbocycles. The minimum atomic E-state index is -0.659. The number of nitriles is 3. The Kier molecular flexibility index (Phi) is 5.29. The molecule has 0 aliphatic rings. The number of para-hydroxylation sites is 1. The van der Waals surface area contributed by atoms with Crippen LogP contribution in [0.1, 0.15) is 0 Å². The van der Waals surface area contributed by atoms with E-state index in [4.69, 9.17) is 20.5 Å². The van der Waals surface area contributed by atoms with Gasteiger partial charge in [0.05, 0.1) is 11.0 Å². The molecule has 0 saturated heterocycles. The number of nitro benzene ring substituents is 1. The van der Waals surface area contributed by atoms with Gasteiger partial charge in [0.25, 0.3) is 5.69 Å². The van der Waals surface area contributed by atoms with Crippen LogP contribution in [0.2, 0.25) is 0 Å². The third kappa shape index (κ3) is 4.10. The van der Waals surface area contributed by atoms with E-state index in [9.17, 15) is 10.1 Å². The number of anilines is 1. The van der Waals surface area contributed by atoms with Crippen LogP contribution in [0.5, 0.6) is 11.5 Å². The van der Waals surface area contributed by atoms with E-state index in [1.165, 1.54) is 18.2 Å². The molecular weight excluding hydrogens is 322 g/mol. The Morgan fingerprint density at radius 1 is 1.00 bits per heavy atom. The third-order valence-corrected chi connectivity index (χ3v) is 2.99. The van der Waals surface area contributed by atoms with Gasteiger partial charge >= 0.3 is 0 Å². The number of allylic oxidation sites excluding steroid dienone is 2. The van der Waals surface area contributed by atoms with Gasteiger partial charge in [0, 0.05) is 0 Å². The van der Waals surface area contributed by atoms with Crippen molar-refractivity contribution in [2.45, 2.75) is 0 Å². The predicted octanol–water partition coefficient (Wildman–Crippen LogP) is 3.62. The zero-order valence-corrected chi connectivity index (χ0v) is 12.6. The summed E-state index contributed by atoms with van der Waals surface area (Å²) >= 11 is 0. The van der Waals surface area contributed by atoms with Crippen molar-refractivity contribution in [3.63, 3.8) is 0 Å². The molecule has 120 valence electrons. The highest BCUT2D eigenvalue weighted by atomic mass is 16.6. The van der Waals surface area contributed by atoms with Gasteiger partial charge in [-0.3, -0.25) is 10.1 Å². The van der Waals surface area contributed by atoms with Crippen molar-refractivity contribution in [3.8, 4) is 29.7 Å². The highest BCUT2D eigenvalue weighted by molar-refractivity contribution is 5.69. The molecule has 2 aromatic carbocycles. The second-order valence-corrected chi connectivity index (χ2v) is 4.56. The Balaban J connectivity index is 2.39. The number of nitro groups is 1. The van der Waals surface area contributed by atoms with Crippen LogP contribution in [0.4, 0.5) is 11.4 Å². The normalized spacial score (nSPS) is 9.00. The standard InChI is InChI=1S/C17H9N5O3/c18-9-12(10-19)16(11-20)21-15-7-6-14(8-17(15)22(23)24)25-13-4-2-1-3-5-13/h1-8,21H. The first-order chi connectivity index (χ1) is 12.1. The molecule has 0 fully saturated rings. The average Bonchev–Trinajstić information content (AvgIpc) is 2.63. The quantitative estimate of drug-likeness (QED) is 0.502. The van der Waals surface area contributed by atoms with Crippen molar-refractivity contribution in [1.82, 2.24) is 0 Å². The largest absolute Gasteiger partial charge is 0.457 e. The summed E-state index contributed by atoms with van der Waals surface area (Å²) in [4.78, 5) is 10.6. The molecule has 0 unspecified atom stereocenters. The van der Waals surface area contributed by atoms with E-state index in [1.54, 1.807) is 48.5 Å². The lowest BCUT2D eigenvalue weighted by Gasteiger charge is -2.09. The van der Waals surface area contributed by atoms with E-state index in [2.05, 4.69) is 5.32 Å².